The van der Waals surface area contributed by atoms with Crippen molar-refractivity contribution in [1.29, 1.82) is 0 Å². The van der Waals surface area contributed by atoms with E-state index in [0.29, 0.717) is 5.56 Å². The number of aromatic hydroxyl groups is 4. The van der Waals surface area contributed by atoms with E-state index in [1.807, 2.05) is 0 Å². The summed E-state index contributed by atoms with van der Waals surface area (Å²) in [5.41, 5.74) is 0.0632. The quantitative estimate of drug-likeness (QED) is 0.510. The first kappa shape index (κ1) is 12.9. The Morgan fingerprint density at radius 2 is 1.52 bits per heavy atom. The van der Waals surface area contributed by atoms with E-state index < -0.39 is 5.43 Å². The van der Waals surface area contributed by atoms with Gasteiger partial charge in [0.25, 0.3) is 0 Å². The van der Waals surface area contributed by atoms with Crippen molar-refractivity contribution in [2.45, 2.75) is 0 Å². The molecule has 0 radical (unpaired) electrons. The lowest BCUT2D eigenvalue weighted by Gasteiger charge is -2.11. The first-order valence-corrected chi connectivity index (χ1v) is 5.98. The number of fused-ring (bicyclic) bond motifs is 1. The molecule has 1 heterocycles. The number of benzene rings is 2. The third-order valence-corrected chi connectivity index (χ3v) is 3.06. The molecule has 2 aliphatic rings. The second-order valence-corrected chi connectivity index (χ2v) is 4.52. The van der Waals surface area contributed by atoms with Crippen LogP contribution in [0.2, 0.25) is 0 Å². The van der Waals surface area contributed by atoms with Crippen LogP contribution in [0.5, 0.6) is 23.0 Å². The smallest absolute Gasteiger partial charge is 0.186 e. The number of hydrogen-bond acceptors (Lipinski definition) is 6. The Kier molecular flexibility index (Phi) is 2.72. The maximum Gasteiger partial charge on any atom is 0.186 e. The second kappa shape index (κ2) is 4.45. The maximum atomic E-state index is 11.4. The summed E-state index contributed by atoms with van der Waals surface area (Å²) in [6, 6.07) is 7.33. The molecule has 0 fully saturated rings. The molecule has 0 atom stereocenters. The Bertz CT molecular complexity index is 865. The molecule has 21 heavy (non-hydrogen) atoms. The van der Waals surface area contributed by atoms with Gasteiger partial charge in [0, 0.05) is 17.7 Å². The summed E-state index contributed by atoms with van der Waals surface area (Å²) in [5, 5.41) is 38.4. The Labute approximate surface area is 118 Å². The third kappa shape index (κ3) is 2.12. The van der Waals surface area contributed by atoms with E-state index in [1.54, 1.807) is 0 Å². The summed E-state index contributed by atoms with van der Waals surface area (Å²) >= 11 is 0. The molecule has 6 heteroatoms. The Hall–Kier alpha value is -3.15. The molecule has 0 aromatic heterocycles. The fourth-order valence-corrected chi connectivity index (χ4v) is 2.05. The summed E-state index contributed by atoms with van der Waals surface area (Å²) in [4.78, 5) is 11.4. The molecule has 0 spiro atoms. The summed E-state index contributed by atoms with van der Waals surface area (Å²) < 4.78 is 5.43. The first-order chi connectivity index (χ1) is 9.95. The lowest BCUT2D eigenvalue weighted by atomic mass is 10.1. The molecule has 3 rings (SSSR count). The van der Waals surface area contributed by atoms with Gasteiger partial charge < -0.3 is 24.8 Å². The van der Waals surface area contributed by atoms with E-state index in [9.17, 15) is 25.2 Å². The molecule has 1 aromatic carbocycles. The molecule has 1 aliphatic heterocycles. The highest BCUT2D eigenvalue weighted by molar-refractivity contribution is 5.75. The number of phenols is 3. The van der Waals surface area contributed by atoms with Crippen molar-refractivity contribution in [1.82, 2.24) is 0 Å². The summed E-state index contributed by atoms with van der Waals surface area (Å²) in [5.74, 6) is -1.15. The van der Waals surface area contributed by atoms with Crippen molar-refractivity contribution in [2.75, 3.05) is 0 Å². The largest absolute Gasteiger partial charge is 0.507 e. The zero-order valence-electron chi connectivity index (χ0n) is 10.6. The van der Waals surface area contributed by atoms with E-state index in [1.165, 1.54) is 30.3 Å². The fourth-order valence-electron chi connectivity index (χ4n) is 2.05. The zero-order chi connectivity index (χ0) is 15.1. The molecule has 0 saturated heterocycles. The predicted octanol–water partition coefficient (Wildman–Crippen LogP) is 2.23. The van der Waals surface area contributed by atoms with Crippen LogP contribution >= 0.6 is 0 Å². The first-order valence-electron chi connectivity index (χ1n) is 5.98. The van der Waals surface area contributed by atoms with Crippen molar-refractivity contribution in [3.05, 3.63) is 46.6 Å². The maximum absolute atomic E-state index is 11.4. The summed E-state index contributed by atoms with van der Waals surface area (Å²) in [6.07, 6.45) is 0. The number of phenolic OH excluding ortho intramolecular Hbond substituents is 3. The molecule has 4 N–H and O–H groups in total. The lowest BCUT2D eigenvalue weighted by Crippen LogP contribution is -1.99. The van der Waals surface area contributed by atoms with Crippen LogP contribution in [-0.2, 0) is 0 Å². The average Bonchev–Trinajstić information content (AvgIpc) is 2.42. The van der Waals surface area contributed by atoms with Crippen molar-refractivity contribution >= 4 is 0 Å². The standard InChI is InChI=1S/C15H10O6/c16-8-4-11(18)9-6-13(20)15(21-14(9)5-8)7-1-2-10(17)12(19)3-7/h1-6,17-20H. The van der Waals surface area contributed by atoms with Crippen LogP contribution in [-0.4, -0.2) is 20.4 Å². The summed E-state index contributed by atoms with van der Waals surface area (Å²) in [6.45, 7) is 0. The Morgan fingerprint density at radius 3 is 2.24 bits per heavy atom. The molecule has 106 valence electrons. The topological polar surface area (TPSA) is 111 Å². The van der Waals surface area contributed by atoms with E-state index >= 15 is 0 Å². The van der Waals surface area contributed by atoms with Crippen LogP contribution in [0, 0.1) is 0 Å². The van der Waals surface area contributed by atoms with Crippen LogP contribution in [0.3, 0.4) is 0 Å². The number of hydrogen-bond donors (Lipinski definition) is 4. The van der Waals surface area contributed by atoms with E-state index in [-0.39, 0.29) is 40.1 Å². The average molecular weight is 286 g/mol. The van der Waals surface area contributed by atoms with Gasteiger partial charge in [-0.3, -0.25) is 4.79 Å². The highest BCUT2D eigenvalue weighted by Crippen LogP contribution is 2.41. The molecule has 1 aliphatic carbocycles. The van der Waals surface area contributed by atoms with Gasteiger partial charge in [-0.2, -0.15) is 0 Å². The molecule has 0 saturated carbocycles. The molecule has 6 nitrogen and oxygen atoms in total. The normalized spacial score (nSPS) is 10.9. The van der Waals surface area contributed by atoms with Crippen LogP contribution in [0.1, 0.15) is 0 Å². The molecular weight excluding hydrogens is 276 g/mol. The highest BCUT2D eigenvalue weighted by Gasteiger charge is 2.18. The molecule has 0 bridgehead atoms. The lowest BCUT2D eigenvalue weighted by molar-refractivity contribution is 0.403. The van der Waals surface area contributed by atoms with E-state index in [0.717, 1.165) is 6.07 Å². The van der Waals surface area contributed by atoms with Crippen molar-refractivity contribution in [3.8, 4) is 45.6 Å². The van der Waals surface area contributed by atoms with Gasteiger partial charge in [-0.05, 0) is 24.3 Å². The van der Waals surface area contributed by atoms with Crippen molar-refractivity contribution in [2.24, 2.45) is 0 Å². The predicted molar refractivity (Wildman–Crippen MR) is 73.7 cm³/mol. The minimum atomic E-state index is -0.436. The summed E-state index contributed by atoms with van der Waals surface area (Å²) in [7, 11) is 0. The molecule has 0 amide bonds. The van der Waals surface area contributed by atoms with Gasteiger partial charge in [0.1, 0.15) is 11.5 Å². The van der Waals surface area contributed by atoms with Gasteiger partial charge in [-0.1, -0.05) is 0 Å². The molecule has 0 unspecified atom stereocenters. The Morgan fingerprint density at radius 1 is 0.762 bits per heavy atom. The van der Waals surface area contributed by atoms with Crippen LogP contribution < -0.4 is 5.43 Å². The Balaban J connectivity index is 2.28. The van der Waals surface area contributed by atoms with Gasteiger partial charge in [0.2, 0.25) is 0 Å². The SMILES string of the molecule is O=c1cc2oc(-c3ccc(O)c(O)c3)c(O)cc-2c(O)c1. The van der Waals surface area contributed by atoms with Gasteiger partial charge in [0.15, 0.2) is 28.4 Å². The van der Waals surface area contributed by atoms with Crippen LogP contribution in [0.15, 0.2) is 45.6 Å². The third-order valence-electron chi connectivity index (χ3n) is 3.06. The van der Waals surface area contributed by atoms with Crippen molar-refractivity contribution in [3.63, 3.8) is 0 Å². The van der Waals surface area contributed by atoms with Crippen LogP contribution in [0.25, 0.3) is 22.6 Å². The second-order valence-electron chi connectivity index (χ2n) is 4.52. The molecular formula is C15H10O6. The van der Waals surface area contributed by atoms with Crippen molar-refractivity contribution < 1.29 is 24.8 Å². The fraction of sp³-hybridized carbons (Fsp3) is 0. The zero-order valence-corrected chi connectivity index (χ0v) is 10.6. The van der Waals surface area contributed by atoms with Gasteiger partial charge >= 0.3 is 0 Å². The van der Waals surface area contributed by atoms with Gasteiger partial charge in [-0.15, -0.1) is 0 Å². The minimum Gasteiger partial charge on any atom is -0.507 e. The van der Waals surface area contributed by atoms with Gasteiger partial charge in [0.05, 0.1) is 5.56 Å². The van der Waals surface area contributed by atoms with E-state index in [4.69, 9.17) is 4.42 Å². The van der Waals surface area contributed by atoms with Gasteiger partial charge in [-0.25, -0.2) is 0 Å². The number of rotatable bonds is 1. The van der Waals surface area contributed by atoms with Crippen LogP contribution in [0.4, 0.5) is 0 Å². The minimum absolute atomic E-state index is 0.00259. The highest BCUT2D eigenvalue weighted by atomic mass is 16.4. The monoisotopic (exact) mass is 286 g/mol. The van der Waals surface area contributed by atoms with E-state index in [2.05, 4.69) is 0 Å². The molecule has 1 aromatic rings.